The molecule has 0 spiro atoms. The minimum absolute atomic E-state index is 0.0504. The molecule has 0 amide bonds. The number of carbonyl (C=O) groups excluding carboxylic acids is 1. The topological polar surface area (TPSA) is 89.1 Å². The van der Waals surface area contributed by atoms with E-state index in [0.29, 0.717) is 18.4 Å². The van der Waals surface area contributed by atoms with Crippen molar-refractivity contribution in [3.05, 3.63) is 83.1 Å². The second-order valence-corrected chi connectivity index (χ2v) is 8.72. The number of phenols is 1. The van der Waals surface area contributed by atoms with Crippen molar-refractivity contribution in [2.75, 3.05) is 32.0 Å². The standard InChI is InChI=1S/C28H28N2O5/c1-33-19-10-8-16(9-11-19)17-12-22-26(23(31)13-17)27(30-21-7-5-4-6-20(21)29-22)18-14-24(34-2)28(32)25(15-18)35-3/h4-11,14-15,17,27,29-30,32H,12-13H2,1-3H3/t17-,27+/m0/s1. The van der Waals surface area contributed by atoms with E-state index in [-0.39, 0.29) is 28.9 Å². The Morgan fingerprint density at radius 3 is 2.11 bits per heavy atom. The van der Waals surface area contributed by atoms with E-state index >= 15 is 0 Å². The van der Waals surface area contributed by atoms with Crippen LogP contribution >= 0.6 is 0 Å². The summed E-state index contributed by atoms with van der Waals surface area (Å²) in [5, 5.41) is 17.5. The number of carbonyl (C=O) groups is 1. The molecule has 3 aromatic carbocycles. The van der Waals surface area contributed by atoms with E-state index in [2.05, 4.69) is 10.6 Å². The number of methoxy groups -OCH3 is 3. The van der Waals surface area contributed by atoms with Gasteiger partial charge in [-0.2, -0.15) is 0 Å². The first-order chi connectivity index (χ1) is 17.0. The first-order valence-corrected chi connectivity index (χ1v) is 11.5. The lowest BCUT2D eigenvalue weighted by atomic mass is 9.78. The molecule has 0 saturated carbocycles. The first-order valence-electron chi connectivity index (χ1n) is 11.5. The van der Waals surface area contributed by atoms with E-state index in [1.807, 2.05) is 48.5 Å². The molecule has 180 valence electrons. The van der Waals surface area contributed by atoms with Gasteiger partial charge in [-0.1, -0.05) is 24.3 Å². The number of ketones is 1. The van der Waals surface area contributed by atoms with Gasteiger partial charge in [0.25, 0.3) is 0 Å². The van der Waals surface area contributed by atoms with Crippen LogP contribution in [0.1, 0.15) is 35.9 Å². The SMILES string of the molecule is COc1ccc([C@@H]2CC(=O)C3=C(C2)Nc2ccccc2N[C@@H]3c2cc(OC)c(O)c(OC)c2)cc1. The van der Waals surface area contributed by atoms with Gasteiger partial charge in [-0.15, -0.1) is 0 Å². The zero-order valence-corrected chi connectivity index (χ0v) is 19.9. The molecule has 3 N–H and O–H groups in total. The van der Waals surface area contributed by atoms with Crippen molar-refractivity contribution in [1.29, 1.82) is 0 Å². The maximum absolute atomic E-state index is 13.7. The quantitative estimate of drug-likeness (QED) is 0.458. The van der Waals surface area contributed by atoms with Crippen LogP contribution in [0.4, 0.5) is 11.4 Å². The molecule has 7 nitrogen and oxygen atoms in total. The molecule has 0 fully saturated rings. The second kappa shape index (κ2) is 9.25. The fourth-order valence-electron chi connectivity index (χ4n) is 4.93. The lowest BCUT2D eigenvalue weighted by Crippen LogP contribution is -2.27. The molecule has 7 heteroatoms. The van der Waals surface area contributed by atoms with Crippen LogP contribution in [0, 0.1) is 0 Å². The Balaban J connectivity index is 1.62. The molecule has 1 heterocycles. The molecule has 0 saturated heterocycles. The lowest BCUT2D eigenvalue weighted by molar-refractivity contribution is -0.116. The summed E-state index contributed by atoms with van der Waals surface area (Å²) in [5.41, 5.74) is 5.22. The van der Waals surface area contributed by atoms with Crippen molar-refractivity contribution in [3.63, 3.8) is 0 Å². The van der Waals surface area contributed by atoms with Crippen LogP contribution < -0.4 is 24.8 Å². The van der Waals surface area contributed by atoms with Crippen molar-refractivity contribution in [2.24, 2.45) is 0 Å². The van der Waals surface area contributed by atoms with Crippen LogP contribution in [0.25, 0.3) is 0 Å². The third-order valence-electron chi connectivity index (χ3n) is 6.73. The Labute approximate surface area is 204 Å². The van der Waals surface area contributed by atoms with E-state index < -0.39 is 6.04 Å². The van der Waals surface area contributed by atoms with Gasteiger partial charge in [-0.05, 0) is 59.9 Å². The smallest absolute Gasteiger partial charge is 0.200 e. The molecule has 1 aliphatic carbocycles. The maximum Gasteiger partial charge on any atom is 0.200 e. The highest BCUT2D eigenvalue weighted by Crippen LogP contribution is 2.47. The van der Waals surface area contributed by atoms with Crippen molar-refractivity contribution in [1.82, 2.24) is 0 Å². The van der Waals surface area contributed by atoms with Crippen LogP contribution in [0.3, 0.4) is 0 Å². The zero-order valence-electron chi connectivity index (χ0n) is 19.9. The Kier molecular flexibility index (Phi) is 5.99. The Hall–Kier alpha value is -4.13. The van der Waals surface area contributed by atoms with Gasteiger partial charge in [0.15, 0.2) is 17.3 Å². The molecule has 0 unspecified atom stereocenters. The number of Topliss-reactive ketones (excluding diaryl/α,β-unsaturated/α-hetero) is 1. The van der Waals surface area contributed by atoms with Gasteiger partial charge in [-0.25, -0.2) is 0 Å². The van der Waals surface area contributed by atoms with E-state index in [4.69, 9.17) is 14.2 Å². The van der Waals surface area contributed by atoms with Gasteiger partial charge in [0.05, 0.1) is 38.7 Å². The second-order valence-electron chi connectivity index (χ2n) is 8.72. The van der Waals surface area contributed by atoms with E-state index in [9.17, 15) is 9.90 Å². The summed E-state index contributed by atoms with van der Waals surface area (Å²) in [4.78, 5) is 13.7. The average Bonchev–Trinajstić information content (AvgIpc) is 3.06. The van der Waals surface area contributed by atoms with Crippen molar-refractivity contribution < 1.29 is 24.1 Å². The summed E-state index contributed by atoms with van der Waals surface area (Å²) >= 11 is 0. The first kappa shape index (κ1) is 22.7. The highest BCUT2D eigenvalue weighted by molar-refractivity contribution is 6.01. The highest BCUT2D eigenvalue weighted by Gasteiger charge is 2.36. The molecule has 3 aromatic rings. The molecule has 0 aromatic heterocycles. The molecule has 5 rings (SSSR count). The number of benzene rings is 3. The van der Waals surface area contributed by atoms with Crippen molar-refractivity contribution in [2.45, 2.75) is 24.8 Å². The zero-order chi connectivity index (χ0) is 24.5. The molecule has 2 atom stereocenters. The van der Waals surface area contributed by atoms with Crippen LogP contribution in [0.15, 0.2) is 71.9 Å². The number of hydrogen-bond acceptors (Lipinski definition) is 7. The summed E-state index contributed by atoms with van der Waals surface area (Å²) in [6.07, 6.45) is 1.08. The number of nitrogens with one attached hydrogen (secondary N) is 2. The van der Waals surface area contributed by atoms with Gasteiger partial charge in [0, 0.05) is 17.7 Å². The lowest BCUT2D eigenvalue weighted by Gasteiger charge is -2.30. The third-order valence-corrected chi connectivity index (χ3v) is 6.73. The van der Waals surface area contributed by atoms with Gasteiger partial charge < -0.3 is 30.0 Å². The van der Waals surface area contributed by atoms with E-state index in [1.165, 1.54) is 14.2 Å². The number of rotatable bonds is 5. The number of anilines is 2. The summed E-state index contributed by atoms with van der Waals surface area (Å²) in [5.74, 6) is 1.40. The molecule has 1 aliphatic heterocycles. The van der Waals surface area contributed by atoms with Crippen LogP contribution in [0.2, 0.25) is 0 Å². The Morgan fingerprint density at radius 2 is 1.49 bits per heavy atom. The molecule has 35 heavy (non-hydrogen) atoms. The summed E-state index contributed by atoms with van der Waals surface area (Å²) in [6, 6.07) is 18.8. The van der Waals surface area contributed by atoms with Crippen LogP contribution in [0.5, 0.6) is 23.0 Å². The largest absolute Gasteiger partial charge is 0.502 e. The van der Waals surface area contributed by atoms with Crippen molar-refractivity contribution in [3.8, 4) is 23.0 Å². The summed E-state index contributed by atoms with van der Waals surface area (Å²) < 4.78 is 16.1. The van der Waals surface area contributed by atoms with Gasteiger partial charge >= 0.3 is 0 Å². The minimum atomic E-state index is -0.450. The minimum Gasteiger partial charge on any atom is -0.502 e. The average molecular weight is 473 g/mol. The number of hydrogen-bond donors (Lipinski definition) is 3. The summed E-state index contributed by atoms with van der Waals surface area (Å²) in [7, 11) is 4.63. The van der Waals surface area contributed by atoms with Gasteiger partial charge in [0.2, 0.25) is 5.75 Å². The predicted octanol–water partition coefficient (Wildman–Crippen LogP) is 5.40. The number of fused-ring (bicyclic) bond motifs is 1. The Bertz CT molecular complexity index is 1270. The molecule has 2 aliphatic rings. The number of phenolic OH excluding ortho intramolecular Hbond substituents is 1. The number of ether oxygens (including phenoxy) is 3. The number of para-hydroxylation sites is 2. The summed E-state index contributed by atoms with van der Waals surface area (Å²) in [6.45, 7) is 0. The molecule has 0 bridgehead atoms. The maximum atomic E-state index is 13.7. The van der Waals surface area contributed by atoms with Crippen molar-refractivity contribution >= 4 is 17.2 Å². The Morgan fingerprint density at radius 1 is 0.829 bits per heavy atom. The van der Waals surface area contributed by atoms with Gasteiger partial charge in [-0.3, -0.25) is 4.79 Å². The predicted molar refractivity (Wildman–Crippen MR) is 135 cm³/mol. The fraction of sp³-hybridized carbons (Fsp3) is 0.250. The van der Waals surface area contributed by atoms with E-state index in [1.54, 1.807) is 19.2 Å². The number of aromatic hydroxyl groups is 1. The molecular weight excluding hydrogens is 444 g/mol. The third kappa shape index (κ3) is 4.14. The fourth-order valence-corrected chi connectivity index (χ4v) is 4.93. The highest BCUT2D eigenvalue weighted by atomic mass is 16.5. The van der Waals surface area contributed by atoms with Crippen LogP contribution in [-0.2, 0) is 4.79 Å². The normalized spacial score (nSPS) is 19.0. The van der Waals surface area contributed by atoms with Crippen LogP contribution in [-0.4, -0.2) is 32.2 Å². The molecule has 0 radical (unpaired) electrons. The monoisotopic (exact) mass is 472 g/mol. The van der Waals surface area contributed by atoms with Gasteiger partial charge in [0.1, 0.15) is 5.75 Å². The molecular formula is C28H28N2O5. The number of allylic oxidation sites excluding steroid dienone is 1. The van der Waals surface area contributed by atoms with E-state index in [0.717, 1.165) is 33.9 Å².